The predicted octanol–water partition coefficient (Wildman–Crippen LogP) is 3.46. The number of ether oxygens (including phenoxy) is 1. The van der Waals surface area contributed by atoms with Gasteiger partial charge in [-0.25, -0.2) is 0 Å². The fourth-order valence-electron chi connectivity index (χ4n) is 2.35. The van der Waals surface area contributed by atoms with Crippen molar-refractivity contribution in [3.63, 3.8) is 0 Å². The van der Waals surface area contributed by atoms with Gasteiger partial charge in [0.05, 0.1) is 11.5 Å². The summed E-state index contributed by atoms with van der Waals surface area (Å²) in [6.45, 7) is 0. The van der Waals surface area contributed by atoms with Gasteiger partial charge < -0.3 is 14.7 Å². The molecule has 3 rings (SSSR count). The smallest absolute Gasteiger partial charge is 0.286 e. The molecular formula is C18H13ClN2O4. The van der Waals surface area contributed by atoms with Crippen molar-refractivity contribution < 1.29 is 14.0 Å². The standard InChI is InChI=1S/C18H13ClN2O4/c1-25-15-6-2-12(3-7-15)18(22)9-5-14-11-20(23)16-8-4-13(19)10-17(16)21(14)24/h2-11H,1H3/b9-5+. The Labute approximate surface area is 147 Å². The molecule has 2 aromatic carbocycles. The number of carbonyl (C=O) groups is 1. The molecule has 1 heterocycles. The van der Waals surface area contributed by atoms with E-state index in [9.17, 15) is 14.9 Å². The van der Waals surface area contributed by atoms with E-state index in [-0.39, 0.29) is 22.5 Å². The summed E-state index contributed by atoms with van der Waals surface area (Å²) in [6.07, 6.45) is 3.65. The van der Waals surface area contributed by atoms with Crippen LogP contribution in [0.5, 0.6) is 5.75 Å². The maximum absolute atomic E-state index is 12.4. The number of fused-ring (bicyclic) bond motifs is 1. The van der Waals surface area contributed by atoms with Crippen LogP contribution in [0.15, 0.2) is 54.7 Å². The number of nitrogens with zero attached hydrogens (tertiary/aromatic N) is 2. The van der Waals surface area contributed by atoms with E-state index >= 15 is 0 Å². The van der Waals surface area contributed by atoms with E-state index in [1.54, 1.807) is 24.3 Å². The van der Waals surface area contributed by atoms with E-state index in [0.717, 1.165) is 6.20 Å². The second kappa shape index (κ2) is 6.78. The molecule has 0 spiro atoms. The van der Waals surface area contributed by atoms with Crippen LogP contribution >= 0.6 is 11.6 Å². The summed E-state index contributed by atoms with van der Waals surface area (Å²) in [7, 11) is 1.54. The molecule has 0 radical (unpaired) electrons. The summed E-state index contributed by atoms with van der Waals surface area (Å²) in [5.41, 5.74) is 0.791. The van der Waals surface area contributed by atoms with E-state index in [0.29, 0.717) is 25.5 Å². The summed E-state index contributed by atoms with van der Waals surface area (Å²) in [5, 5.41) is 12.7. The Balaban J connectivity index is 1.96. The van der Waals surface area contributed by atoms with Gasteiger partial charge >= 0.3 is 0 Å². The van der Waals surface area contributed by atoms with Gasteiger partial charge in [-0.3, -0.25) is 4.79 Å². The highest BCUT2D eigenvalue weighted by atomic mass is 35.5. The van der Waals surface area contributed by atoms with E-state index in [2.05, 4.69) is 0 Å². The lowest BCUT2D eigenvalue weighted by Gasteiger charge is -2.14. The van der Waals surface area contributed by atoms with Gasteiger partial charge in [0.15, 0.2) is 5.78 Å². The van der Waals surface area contributed by atoms with Crippen molar-refractivity contribution in [2.75, 3.05) is 7.11 Å². The highest BCUT2D eigenvalue weighted by Crippen LogP contribution is 2.18. The van der Waals surface area contributed by atoms with Crippen LogP contribution < -0.4 is 9.16 Å². The number of methoxy groups -OCH3 is 1. The van der Waals surface area contributed by atoms with Crippen LogP contribution in [0.1, 0.15) is 16.1 Å². The zero-order valence-electron chi connectivity index (χ0n) is 13.2. The first-order valence-electron chi connectivity index (χ1n) is 7.31. The Bertz CT molecular complexity index is 1040. The van der Waals surface area contributed by atoms with Crippen molar-refractivity contribution in [1.29, 1.82) is 0 Å². The number of carbonyl (C=O) groups excluding carboxylic acids is 1. The third kappa shape index (κ3) is 3.39. The summed E-state index contributed by atoms with van der Waals surface area (Å²) in [4.78, 5) is 24.2. The molecule has 0 atom stereocenters. The molecule has 126 valence electrons. The summed E-state index contributed by atoms with van der Waals surface area (Å²) >= 11 is 5.88. The van der Waals surface area contributed by atoms with Gasteiger partial charge in [-0.2, -0.15) is 0 Å². The van der Waals surface area contributed by atoms with Crippen LogP contribution in [0.3, 0.4) is 0 Å². The Kier molecular flexibility index (Phi) is 4.54. The predicted molar refractivity (Wildman–Crippen MR) is 95.4 cm³/mol. The number of allylic oxidation sites excluding steroid dienone is 1. The third-order valence-electron chi connectivity index (χ3n) is 3.66. The van der Waals surface area contributed by atoms with Crippen LogP contribution in [0.4, 0.5) is 0 Å². The van der Waals surface area contributed by atoms with Gasteiger partial charge in [0.1, 0.15) is 17.0 Å². The molecule has 0 aliphatic carbocycles. The van der Waals surface area contributed by atoms with Crippen molar-refractivity contribution in [1.82, 2.24) is 4.73 Å². The molecule has 25 heavy (non-hydrogen) atoms. The van der Waals surface area contributed by atoms with Gasteiger partial charge in [0.2, 0.25) is 0 Å². The Morgan fingerprint density at radius 1 is 1.24 bits per heavy atom. The van der Waals surface area contributed by atoms with Gasteiger partial charge in [0, 0.05) is 21.6 Å². The Hall–Kier alpha value is -3.12. The molecule has 1 aromatic heterocycles. The van der Waals surface area contributed by atoms with Gasteiger partial charge in [-0.05, 0) is 48.6 Å². The fourth-order valence-corrected chi connectivity index (χ4v) is 2.52. The third-order valence-corrected chi connectivity index (χ3v) is 3.89. The topological polar surface area (TPSA) is 77.3 Å². The van der Waals surface area contributed by atoms with Crippen molar-refractivity contribution in [2.45, 2.75) is 0 Å². The normalized spacial score (nSPS) is 11.1. The van der Waals surface area contributed by atoms with Gasteiger partial charge in [0.25, 0.3) is 11.7 Å². The molecule has 0 N–H and O–H groups in total. The number of aromatic nitrogens is 2. The average molecular weight is 357 g/mol. The minimum Gasteiger partial charge on any atom is -0.805 e. The Morgan fingerprint density at radius 3 is 2.64 bits per heavy atom. The maximum Gasteiger partial charge on any atom is 0.286 e. The van der Waals surface area contributed by atoms with Crippen LogP contribution in [0, 0.1) is 10.1 Å². The second-order valence-corrected chi connectivity index (χ2v) is 5.67. The fraction of sp³-hybridized carbons (Fsp3) is 0.0556. The zero-order chi connectivity index (χ0) is 18.0. The molecule has 3 aromatic rings. The molecule has 0 aliphatic rings. The van der Waals surface area contributed by atoms with Crippen molar-refractivity contribution in [3.8, 4) is 5.75 Å². The largest absolute Gasteiger partial charge is 0.805 e. The highest BCUT2D eigenvalue weighted by molar-refractivity contribution is 6.31. The molecule has 6 nitrogen and oxygen atoms in total. The number of benzene rings is 2. The quantitative estimate of drug-likeness (QED) is 0.407. The first kappa shape index (κ1) is 16.7. The number of ketones is 1. The monoisotopic (exact) mass is 356 g/mol. The SMILES string of the molecule is COc1ccc(C(=O)/C=C/c2c[n+](=O)c3ccc(Cl)cc3n2[O-])cc1. The van der Waals surface area contributed by atoms with Crippen molar-refractivity contribution >= 4 is 34.5 Å². The van der Waals surface area contributed by atoms with Gasteiger partial charge in [-0.15, -0.1) is 0 Å². The average Bonchev–Trinajstić information content (AvgIpc) is 2.63. The number of halogens is 1. The molecular weight excluding hydrogens is 344 g/mol. The second-order valence-electron chi connectivity index (χ2n) is 5.23. The van der Waals surface area contributed by atoms with Crippen LogP contribution in [-0.4, -0.2) is 17.6 Å². The summed E-state index contributed by atoms with van der Waals surface area (Å²) in [6, 6.07) is 11.0. The van der Waals surface area contributed by atoms with E-state index in [1.807, 2.05) is 0 Å². The molecule has 0 saturated carbocycles. The lowest BCUT2D eigenvalue weighted by Crippen LogP contribution is -2.18. The van der Waals surface area contributed by atoms with Crippen molar-refractivity contribution in [3.05, 3.63) is 81.1 Å². The lowest BCUT2D eigenvalue weighted by atomic mass is 10.1. The lowest BCUT2D eigenvalue weighted by molar-refractivity contribution is -0.464. The summed E-state index contributed by atoms with van der Waals surface area (Å²) < 4.78 is 6.17. The van der Waals surface area contributed by atoms with Crippen LogP contribution in [0.2, 0.25) is 5.02 Å². The van der Waals surface area contributed by atoms with Crippen molar-refractivity contribution in [2.24, 2.45) is 0 Å². The van der Waals surface area contributed by atoms with E-state index < -0.39 is 0 Å². The molecule has 0 amide bonds. The molecule has 7 heteroatoms. The minimum atomic E-state index is -0.300. The zero-order valence-corrected chi connectivity index (χ0v) is 13.9. The highest BCUT2D eigenvalue weighted by Gasteiger charge is 2.11. The van der Waals surface area contributed by atoms with Crippen LogP contribution in [0.25, 0.3) is 17.1 Å². The number of rotatable bonds is 4. The van der Waals surface area contributed by atoms with Crippen LogP contribution in [-0.2, 0) is 0 Å². The molecule has 0 unspecified atom stereocenters. The van der Waals surface area contributed by atoms with E-state index in [1.165, 1.54) is 37.5 Å². The minimum absolute atomic E-state index is 0.0339. The molecule has 0 fully saturated rings. The molecule has 0 saturated heterocycles. The Morgan fingerprint density at radius 2 is 1.96 bits per heavy atom. The summed E-state index contributed by atoms with van der Waals surface area (Å²) in [5.74, 6) is 0.336. The number of hydrogen-bond acceptors (Lipinski definition) is 4. The maximum atomic E-state index is 12.4. The van der Waals surface area contributed by atoms with Gasteiger partial charge in [-0.1, -0.05) is 11.6 Å². The molecule has 0 aliphatic heterocycles. The first-order valence-corrected chi connectivity index (χ1v) is 7.69. The molecule has 0 bridgehead atoms. The van der Waals surface area contributed by atoms with E-state index in [4.69, 9.17) is 16.3 Å². The number of hydrogen-bond donors (Lipinski definition) is 0. The first-order chi connectivity index (χ1) is 12.0.